The highest BCUT2D eigenvalue weighted by molar-refractivity contribution is 7.89. The van der Waals surface area contributed by atoms with Crippen LogP contribution in [0.4, 0.5) is 10.5 Å². The van der Waals surface area contributed by atoms with Gasteiger partial charge in [-0.1, -0.05) is 35.3 Å². The van der Waals surface area contributed by atoms with Gasteiger partial charge in [0.05, 0.1) is 18.1 Å². The predicted molar refractivity (Wildman–Crippen MR) is 133 cm³/mol. The first-order chi connectivity index (χ1) is 16.9. The average molecular weight is 555 g/mol. The number of sulfonamides is 1. The van der Waals surface area contributed by atoms with Gasteiger partial charge in [0.15, 0.2) is 0 Å². The summed E-state index contributed by atoms with van der Waals surface area (Å²) in [5.41, 5.74) is -0.281. The molecule has 13 heteroatoms. The summed E-state index contributed by atoms with van der Waals surface area (Å²) in [7, 11) is -3.78. The van der Waals surface area contributed by atoms with Gasteiger partial charge in [-0.3, -0.25) is 14.5 Å². The normalized spacial score (nSPS) is 20.9. The first-order valence-corrected chi connectivity index (χ1v) is 13.2. The molecule has 192 valence electrons. The van der Waals surface area contributed by atoms with E-state index in [0.717, 1.165) is 4.90 Å². The molecule has 2 fully saturated rings. The molecule has 0 radical (unpaired) electrons. The highest BCUT2D eigenvalue weighted by Gasteiger charge is 2.50. The Balaban J connectivity index is 1.51. The molecule has 0 unspecified atom stereocenters. The highest BCUT2D eigenvalue weighted by atomic mass is 35.5. The molecule has 36 heavy (non-hydrogen) atoms. The predicted octanol–water partition coefficient (Wildman–Crippen LogP) is 2.73. The molecule has 2 aromatic carbocycles. The van der Waals surface area contributed by atoms with Gasteiger partial charge in [0.2, 0.25) is 15.9 Å². The number of hydrogen-bond donors (Lipinski definition) is 2. The topological polar surface area (TPSA) is 125 Å². The summed E-state index contributed by atoms with van der Waals surface area (Å²) < 4.78 is 32.5. The van der Waals surface area contributed by atoms with Crippen molar-refractivity contribution < 1.29 is 27.5 Å². The third-order valence-corrected chi connectivity index (χ3v) is 8.58. The Kier molecular flexibility index (Phi) is 7.31. The lowest BCUT2D eigenvalue weighted by Crippen LogP contribution is -2.42. The number of urea groups is 1. The van der Waals surface area contributed by atoms with Crippen LogP contribution in [-0.2, 0) is 29.9 Å². The van der Waals surface area contributed by atoms with Gasteiger partial charge in [-0.25, -0.2) is 13.2 Å². The van der Waals surface area contributed by atoms with E-state index in [4.69, 9.17) is 27.9 Å². The number of carbonyl (C=O) groups is 3. The minimum absolute atomic E-state index is 0.0187. The van der Waals surface area contributed by atoms with E-state index >= 15 is 0 Å². The number of rotatable bonds is 6. The lowest BCUT2D eigenvalue weighted by atomic mass is 9.92. The van der Waals surface area contributed by atoms with Crippen molar-refractivity contribution in [1.82, 2.24) is 14.5 Å². The van der Waals surface area contributed by atoms with E-state index in [0.29, 0.717) is 29.4 Å². The number of morpholine rings is 1. The van der Waals surface area contributed by atoms with Crippen LogP contribution < -0.4 is 10.6 Å². The zero-order valence-corrected chi connectivity index (χ0v) is 21.8. The zero-order chi connectivity index (χ0) is 26.3. The fourth-order valence-electron chi connectivity index (χ4n) is 4.08. The van der Waals surface area contributed by atoms with Gasteiger partial charge in [0.25, 0.3) is 5.91 Å². The molecule has 2 aromatic rings. The summed E-state index contributed by atoms with van der Waals surface area (Å²) >= 11 is 12.2. The van der Waals surface area contributed by atoms with Gasteiger partial charge in [0.1, 0.15) is 12.1 Å². The Morgan fingerprint density at radius 3 is 2.50 bits per heavy atom. The summed E-state index contributed by atoms with van der Waals surface area (Å²) in [6, 6.07) is 8.19. The molecule has 2 heterocycles. The third-order valence-electron chi connectivity index (χ3n) is 6.14. The minimum Gasteiger partial charge on any atom is -0.379 e. The first-order valence-electron chi connectivity index (χ1n) is 11.0. The van der Waals surface area contributed by atoms with Gasteiger partial charge in [-0.2, -0.15) is 4.31 Å². The zero-order valence-electron chi connectivity index (χ0n) is 19.5. The van der Waals surface area contributed by atoms with Crippen molar-refractivity contribution in [3.63, 3.8) is 0 Å². The van der Waals surface area contributed by atoms with Gasteiger partial charge in [-0.05, 0) is 43.7 Å². The second-order valence-electron chi connectivity index (χ2n) is 8.61. The van der Waals surface area contributed by atoms with Crippen molar-refractivity contribution in [3.8, 4) is 0 Å². The Morgan fingerprint density at radius 2 is 1.83 bits per heavy atom. The van der Waals surface area contributed by atoms with Crippen LogP contribution in [0.3, 0.4) is 0 Å². The number of anilines is 1. The lowest BCUT2D eigenvalue weighted by Gasteiger charge is -2.26. The van der Waals surface area contributed by atoms with E-state index in [1.165, 1.54) is 35.5 Å². The molecule has 0 saturated carbocycles. The molecule has 0 aliphatic carbocycles. The summed E-state index contributed by atoms with van der Waals surface area (Å²) in [4.78, 5) is 39.4. The molecule has 2 saturated heterocycles. The highest BCUT2D eigenvalue weighted by Crippen LogP contribution is 2.35. The molecule has 4 amide bonds. The van der Waals surface area contributed by atoms with Crippen molar-refractivity contribution in [2.24, 2.45) is 0 Å². The number of nitrogens with zero attached hydrogens (tertiary/aromatic N) is 2. The Labute approximate surface area is 218 Å². The molecule has 2 N–H and O–H groups in total. The average Bonchev–Trinajstić information content (AvgIpc) is 3.04. The molecule has 0 aromatic heterocycles. The van der Waals surface area contributed by atoms with Crippen LogP contribution in [0.5, 0.6) is 0 Å². The van der Waals surface area contributed by atoms with Crippen LogP contribution >= 0.6 is 23.2 Å². The van der Waals surface area contributed by atoms with E-state index in [9.17, 15) is 22.8 Å². The maximum absolute atomic E-state index is 13.2. The van der Waals surface area contributed by atoms with E-state index in [1.54, 1.807) is 19.1 Å². The van der Waals surface area contributed by atoms with E-state index in [-0.39, 0.29) is 28.7 Å². The largest absolute Gasteiger partial charge is 0.379 e. The van der Waals surface area contributed by atoms with Crippen LogP contribution in [0, 0.1) is 6.92 Å². The van der Waals surface area contributed by atoms with E-state index in [2.05, 4.69) is 10.6 Å². The number of nitrogens with one attached hydrogen (secondary N) is 2. The fourth-order valence-corrected chi connectivity index (χ4v) is 6.12. The van der Waals surface area contributed by atoms with E-state index < -0.39 is 40.0 Å². The van der Waals surface area contributed by atoms with Gasteiger partial charge in [0, 0.05) is 34.4 Å². The SMILES string of the molecule is Cc1ccc(S(=O)(=O)N2CCOCC2)cc1NC(=O)CN1C(=O)N[C@@](C)(c2ccc(Cl)cc2Cl)C1=O. The van der Waals surface area contributed by atoms with E-state index in [1.807, 2.05) is 0 Å². The Morgan fingerprint density at radius 1 is 1.14 bits per heavy atom. The van der Waals surface area contributed by atoms with Crippen LogP contribution in [0.15, 0.2) is 41.3 Å². The summed E-state index contributed by atoms with van der Waals surface area (Å²) in [6.45, 7) is 3.70. The molecular formula is C23H24Cl2N4O6S. The number of imide groups is 1. The first kappa shape index (κ1) is 26.4. The van der Waals surface area contributed by atoms with Crippen molar-refractivity contribution in [1.29, 1.82) is 0 Å². The summed E-state index contributed by atoms with van der Waals surface area (Å²) in [5.74, 6) is -1.33. The number of hydrogen-bond acceptors (Lipinski definition) is 6. The van der Waals surface area contributed by atoms with Crippen molar-refractivity contribution >= 4 is 56.8 Å². The quantitative estimate of drug-likeness (QED) is 0.529. The second kappa shape index (κ2) is 9.98. The smallest absolute Gasteiger partial charge is 0.325 e. The third kappa shape index (κ3) is 4.94. The number of amides is 4. The monoisotopic (exact) mass is 554 g/mol. The maximum atomic E-state index is 13.2. The minimum atomic E-state index is -3.78. The molecule has 1 atom stereocenters. The Hall–Kier alpha value is -2.70. The molecule has 4 rings (SSSR count). The number of ether oxygens (including phenoxy) is 1. The van der Waals surface area contributed by atoms with Crippen LogP contribution in [0.2, 0.25) is 10.0 Å². The molecule has 2 aliphatic heterocycles. The van der Waals surface area contributed by atoms with Crippen LogP contribution in [0.1, 0.15) is 18.1 Å². The molecule has 2 aliphatic rings. The molecule has 0 spiro atoms. The van der Waals surface area contributed by atoms with Gasteiger partial charge in [-0.15, -0.1) is 0 Å². The number of benzene rings is 2. The van der Waals surface area contributed by atoms with Gasteiger partial charge < -0.3 is 15.4 Å². The number of halogens is 2. The number of aryl methyl sites for hydroxylation is 1. The number of carbonyl (C=O) groups excluding carboxylic acids is 3. The second-order valence-corrected chi connectivity index (χ2v) is 11.4. The van der Waals surface area contributed by atoms with Crippen LogP contribution in [-0.4, -0.2) is 68.3 Å². The van der Waals surface area contributed by atoms with Crippen LogP contribution in [0.25, 0.3) is 0 Å². The van der Waals surface area contributed by atoms with Crippen molar-refractivity contribution in [3.05, 3.63) is 57.6 Å². The maximum Gasteiger partial charge on any atom is 0.325 e. The van der Waals surface area contributed by atoms with Crippen molar-refractivity contribution in [2.75, 3.05) is 38.2 Å². The lowest BCUT2D eigenvalue weighted by molar-refractivity contribution is -0.133. The Bertz CT molecular complexity index is 1350. The fraction of sp³-hybridized carbons (Fsp3) is 0.348. The van der Waals surface area contributed by atoms with Gasteiger partial charge >= 0.3 is 6.03 Å². The summed E-state index contributed by atoms with van der Waals surface area (Å²) in [6.07, 6.45) is 0. The molecular weight excluding hydrogens is 531 g/mol. The van der Waals surface area contributed by atoms with Crippen molar-refractivity contribution in [2.45, 2.75) is 24.3 Å². The standard InChI is InChI=1S/C23H24Cl2N4O6S/c1-14-3-5-16(36(33,34)28-7-9-35-10-8-28)12-19(14)26-20(30)13-29-21(31)23(2,27-22(29)32)17-6-4-15(24)11-18(17)25/h3-6,11-12H,7-10,13H2,1-2H3,(H,26,30)(H,27,32)/t23-/m0/s1. The molecule has 0 bridgehead atoms. The molecule has 10 nitrogen and oxygen atoms in total. The summed E-state index contributed by atoms with van der Waals surface area (Å²) in [5, 5.41) is 5.77.